The molecule has 2 aromatic rings. The number of esters is 1. The van der Waals surface area contributed by atoms with Gasteiger partial charge in [-0.3, -0.25) is 4.79 Å². The molecule has 0 aromatic heterocycles. The van der Waals surface area contributed by atoms with E-state index in [1.54, 1.807) is 25.1 Å². The third kappa shape index (κ3) is 3.92. The van der Waals surface area contributed by atoms with Crippen molar-refractivity contribution in [3.63, 3.8) is 0 Å². The van der Waals surface area contributed by atoms with E-state index in [0.717, 1.165) is 6.07 Å². The normalized spacial score (nSPS) is 10.1. The Labute approximate surface area is 135 Å². The highest BCUT2D eigenvalue weighted by Gasteiger charge is 2.13. The molecular weight excluding hydrogens is 353 g/mol. The van der Waals surface area contributed by atoms with Crippen molar-refractivity contribution in [2.75, 3.05) is 11.9 Å². The predicted molar refractivity (Wildman–Crippen MR) is 84.5 cm³/mol. The number of carbonyl (C=O) groups excluding carboxylic acids is 2. The minimum Gasteiger partial charge on any atom is -0.462 e. The smallest absolute Gasteiger partial charge is 0.338 e. The van der Waals surface area contributed by atoms with Gasteiger partial charge < -0.3 is 10.1 Å². The third-order valence-electron chi connectivity index (χ3n) is 2.80. The minimum absolute atomic E-state index is 0.168. The van der Waals surface area contributed by atoms with Gasteiger partial charge >= 0.3 is 5.97 Å². The maximum atomic E-state index is 13.2. The van der Waals surface area contributed by atoms with Crippen LogP contribution in [0.1, 0.15) is 27.6 Å². The maximum Gasteiger partial charge on any atom is 0.338 e. The second kappa shape index (κ2) is 7.17. The number of nitrogens with one attached hydrogen (secondary N) is 1. The number of rotatable bonds is 4. The molecule has 0 bridgehead atoms. The Balaban J connectivity index is 2.20. The van der Waals surface area contributed by atoms with Crippen LogP contribution in [0.15, 0.2) is 46.9 Å². The van der Waals surface area contributed by atoms with Crippen molar-refractivity contribution < 1.29 is 18.7 Å². The Morgan fingerprint density at radius 3 is 2.73 bits per heavy atom. The summed E-state index contributed by atoms with van der Waals surface area (Å²) in [4.78, 5) is 23.8. The Morgan fingerprint density at radius 1 is 1.23 bits per heavy atom. The van der Waals surface area contributed by atoms with Crippen LogP contribution in [0.5, 0.6) is 0 Å². The average Bonchev–Trinajstić information content (AvgIpc) is 2.50. The van der Waals surface area contributed by atoms with Gasteiger partial charge in [-0.25, -0.2) is 9.18 Å². The number of ether oxygens (including phenoxy) is 1. The predicted octanol–water partition coefficient (Wildman–Crippen LogP) is 4.02. The van der Waals surface area contributed by atoms with Gasteiger partial charge in [-0.05, 0) is 59.3 Å². The molecule has 0 radical (unpaired) electrons. The maximum absolute atomic E-state index is 13.2. The van der Waals surface area contributed by atoms with Crippen LogP contribution >= 0.6 is 15.9 Å². The highest BCUT2D eigenvalue weighted by Crippen LogP contribution is 2.20. The van der Waals surface area contributed by atoms with Crippen LogP contribution in [0.25, 0.3) is 0 Å². The molecule has 2 rings (SSSR count). The Morgan fingerprint density at radius 2 is 2.00 bits per heavy atom. The quantitative estimate of drug-likeness (QED) is 0.832. The fourth-order valence-corrected chi connectivity index (χ4v) is 2.23. The SMILES string of the molecule is CCOC(=O)c1cccc(NC(=O)c2cc(F)ccc2Br)c1. The average molecular weight is 366 g/mol. The van der Waals surface area contributed by atoms with Gasteiger partial charge in [0, 0.05) is 10.2 Å². The lowest BCUT2D eigenvalue weighted by Gasteiger charge is -2.08. The van der Waals surface area contributed by atoms with Crippen LogP contribution in [-0.2, 0) is 4.74 Å². The number of halogens is 2. The lowest BCUT2D eigenvalue weighted by atomic mass is 10.1. The van der Waals surface area contributed by atoms with Gasteiger partial charge in [-0.1, -0.05) is 6.07 Å². The van der Waals surface area contributed by atoms with Gasteiger partial charge in [-0.15, -0.1) is 0 Å². The summed E-state index contributed by atoms with van der Waals surface area (Å²) in [5, 5.41) is 2.62. The first kappa shape index (κ1) is 16.2. The standard InChI is InChI=1S/C16H13BrFNO3/c1-2-22-16(21)10-4-3-5-12(8-10)19-15(20)13-9-11(18)6-7-14(13)17/h3-9H,2H2,1H3,(H,19,20). The van der Waals surface area contributed by atoms with E-state index in [4.69, 9.17) is 4.74 Å². The molecule has 114 valence electrons. The molecule has 1 N–H and O–H groups in total. The summed E-state index contributed by atoms with van der Waals surface area (Å²) >= 11 is 3.20. The Bertz CT molecular complexity index is 718. The van der Waals surface area contributed by atoms with Gasteiger partial charge in [0.25, 0.3) is 5.91 Å². The molecule has 6 heteroatoms. The molecular formula is C16H13BrFNO3. The summed E-state index contributed by atoms with van der Waals surface area (Å²) in [7, 11) is 0. The van der Waals surface area contributed by atoms with E-state index >= 15 is 0 Å². The van der Waals surface area contributed by atoms with E-state index in [0.29, 0.717) is 15.7 Å². The zero-order valence-corrected chi connectivity index (χ0v) is 13.3. The molecule has 0 aliphatic carbocycles. The summed E-state index contributed by atoms with van der Waals surface area (Å²) in [5.74, 6) is -1.45. The van der Waals surface area contributed by atoms with Crippen molar-refractivity contribution in [2.45, 2.75) is 6.92 Å². The first-order chi connectivity index (χ1) is 10.5. The van der Waals surface area contributed by atoms with Gasteiger partial charge in [-0.2, -0.15) is 0 Å². The molecule has 0 saturated heterocycles. The fourth-order valence-electron chi connectivity index (χ4n) is 1.81. The molecule has 1 amide bonds. The second-order valence-electron chi connectivity index (χ2n) is 4.38. The monoisotopic (exact) mass is 365 g/mol. The summed E-state index contributed by atoms with van der Waals surface area (Å²) < 4.78 is 18.6. The zero-order valence-electron chi connectivity index (χ0n) is 11.7. The van der Waals surface area contributed by atoms with Gasteiger partial charge in [0.1, 0.15) is 5.82 Å². The summed E-state index contributed by atoms with van der Waals surface area (Å²) in [6, 6.07) is 10.2. The van der Waals surface area contributed by atoms with Crippen LogP contribution in [0, 0.1) is 5.82 Å². The summed E-state index contributed by atoms with van der Waals surface area (Å²) in [5.41, 5.74) is 0.922. The van der Waals surface area contributed by atoms with E-state index in [-0.39, 0.29) is 12.2 Å². The third-order valence-corrected chi connectivity index (χ3v) is 3.50. The fraction of sp³-hybridized carbons (Fsp3) is 0.125. The second-order valence-corrected chi connectivity index (χ2v) is 5.23. The van der Waals surface area contributed by atoms with Crippen molar-refractivity contribution in [1.82, 2.24) is 0 Å². The number of amides is 1. The topological polar surface area (TPSA) is 55.4 Å². The van der Waals surface area contributed by atoms with Crippen LogP contribution in [-0.4, -0.2) is 18.5 Å². The molecule has 0 heterocycles. The summed E-state index contributed by atoms with van der Waals surface area (Å²) in [6.45, 7) is 1.98. The molecule has 2 aromatic carbocycles. The van der Waals surface area contributed by atoms with Crippen molar-refractivity contribution >= 4 is 33.5 Å². The molecule has 4 nitrogen and oxygen atoms in total. The van der Waals surface area contributed by atoms with E-state index in [1.165, 1.54) is 18.2 Å². The number of hydrogen-bond acceptors (Lipinski definition) is 3. The van der Waals surface area contributed by atoms with E-state index in [1.807, 2.05) is 0 Å². The first-order valence-electron chi connectivity index (χ1n) is 6.55. The van der Waals surface area contributed by atoms with Crippen molar-refractivity contribution in [2.24, 2.45) is 0 Å². The largest absolute Gasteiger partial charge is 0.462 e. The van der Waals surface area contributed by atoms with Crippen LogP contribution < -0.4 is 5.32 Å². The van der Waals surface area contributed by atoms with Crippen molar-refractivity contribution in [3.8, 4) is 0 Å². The number of anilines is 1. The van der Waals surface area contributed by atoms with Crippen LogP contribution in [0.4, 0.5) is 10.1 Å². The molecule has 0 saturated carbocycles. The molecule has 0 spiro atoms. The molecule has 0 aliphatic rings. The van der Waals surface area contributed by atoms with E-state index in [2.05, 4.69) is 21.2 Å². The van der Waals surface area contributed by atoms with Gasteiger partial charge in [0.15, 0.2) is 0 Å². The highest BCUT2D eigenvalue weighted by atomic mass is 79.9. The Kier molecular flexibility index (Phi) is 5.27. The number of carbonyl (C=O) groups is 2. The zero-order chi connectivity index (χ0) is 16.1. The number of benzene rings is 2. The molecule has 0 atom stereocenters. The molecule has 22 heavy (non-hydrogen) atoms. The highest BCUT2D eigenvalue weighted by molar-refractivity contribution is 9.10. The van der Waals surface area contributed by atoms with E-state index < -0.39 is 17.7 Å². The molecule has 0 unspecified atom stereocenters. The van der Waals surface area contributed by atoms with Crippen LogP contribution in [0.2, 0.25) is 0 Å². The van der Waals surface area contributed by atoms with Gasteiger partial charge in [0.2, 0.25) is 0 Å². The van der Waals surface area contributed by atoms with Crippen molar-refractivity contribution in [1.29, 1.82) is 0 Å². The van der Waals surface area contributed by atoms with Crippen molar-refractivity contribution in [3.05, 3.63) is 63.9 Å². The lowest BCUT2D eigenvalue weighted by molar-refractivity contribution is 0.0526. The molecule has 0 fully saturated rings. The Hall–Kier alpha value is -2.21. The van der Waals surface area contributed by atoms with E-state index in [9.17, 15) is 14.0 Å². The van der Waals surface area contributed by atoms with Crippen LogP contribution in [0.3, 0.4) is 0 Å². The minimum atomic E-state index is -0.506. The first-order valence-corrected chi connectivity index (χ1v) is 7.34. The lowest BCUT2D eigenvalue weighted by Crippen LogP contribution is -2.13. The summed E-state index contributed by atoms with van der Waals surface area (Å²) in [6.07, 6.45) is 0. The number of hydrogen-bond donors (Lipinski definition) is 1. The molecule has 0 aliphatic heterocycles. The van der Waals surface area contributed by atoms with Gasteiger partial charge in [0.05, 0.1) is 17.7 Å².